The van der Waals surface area contributed by atoms with Crippen LogP contribution in [0.5, 0.6) is 0 Å². The van der Waals surface area contributed by atoms with Gasteiger partial charge in [-0.25, -0.2) is 8.78 Å². The third-order valence-electron chi connectivity index (χ3n) is 2.19. The van der Waals surface area contributed by atoms with Crippen molar-refractivity contribution in [3.63, 3.8) is 0 Å². The molecule has 0 bridgehead atoms. The van der Waals surface area contributed by atoms with Crippen molar-refractivity contribution in [2.45, 2.75) is 13.3 Å². The maximum atomic E-state index is 12.9. The number of carbonyl (C=O) groups excluding carboxylic acids is 1. The molecule has 0 heterocycles. The lowest BCUT2D eigenvalue weighted by Gasteiger charge is -2.03. The molecule has 18 heavy (non-hydrogen) atoms. The highest BCUT2D eigenvalue weighted by molar-refractivity contribution is 5.87. The van der Waals surface area contributed by atoms with Gasteiger partial charge in [0.2, 0.25) is 5.91 Å². The number of hydrogen-bond donors (Lipinski definition) is 1. The molecule has 0 spiro atoms. The van der Waals surface area contributed by atoms with E-state index in [-0.39, 0.29) is 5.91 Å². The van der Waals surface area contributed by atoms with E-state index < -0.39 is 11.6 Å². The molecule has 4 heteroatoms. The summed E-state index contributed by atoms with van der Waals surface area (Å²) >= 11 is 0. The van der Waals surface area contributed by atoms with Crippen LogP contribution in [0.4, 0.5) is 8.78 Å². The van der Waals surface area contributed by atoms with Crippen molar-refractivity contribution in [3.05, 3.63) is 59.7 Å². The van der Waals surface area contributed by atoms with Crippen molar-refractivity contribution in [2.75, 3.05) is 6.54 Å². The predicted molar refractivity (Wildman–Crippen MR) is 67.0 cm³/mol. The minimum atomic E-state index is -0.607. The molecular formula is C14H15F2NO. The molecule has 96 valence electrons. The van der Waals surface area contributed by atoms with Crippen LogP contribution < -0.4 is 5.32 Å². The number of rotatable bonds is 5. The zero-order valence-corrected chi connectivity index (χ0v) is 10.1. The van der Waals surface area contributed by atoms with Crippen molar-refractivity contribution >= 4 is 5.91 Å². The Morgan fingerprint density at radius 3 is 2.50 bits per heavy atom. The smallest absolute Gasteiger partial charge is 0.243 e. The Morgan fingerprint density at radius 2 is 1.89 bits per heavy atom. The molecule has 2 nitrogen and oxygen atoms in total. The predicted octanol–water partition coefficient (Wildman–Crippen LogP) is 2.76. The second kappa shape index (κ2) is 7.37. The monoisotopic (exact) mass is 251 g/mol. The lowest BCUT2D eigenvalue weighted by atomic mass is 10.1. The Kier molecular flexibility index (Phi) is 5.77. The highest BCUT2D eigenvalue weighted by atomic mass is 19.1. The van der Waals surface area contributed by atoms with E-state index in [2.05, 4.69) is 5.32 Å². The van der Waals surface area contributed by atoms with E-state index in [9.17, 15) is 13.6 Å². The van der Waals surface area contributed by atoms with Crippen LogP contribution in [-0.2, 0) is 11.2 Å². The number of amides is 1. The molecule has 0 saturated heterocycles. The normalized spacial score (nSPS) is 11.3. The van der Waals surface area contributed by atoms with Crippen molar-refractivity contribution in [3.8, 4) is 0 Å². The minimum Gasteiger partial charge on any atom is -0.352 e. The maximum Gasteiger partial charge on any atom is 0.243 e. The quantitative estimate of drug-likeness (QED) is 0.632. The van der Waals surface area contributed by atoms with Gasteiger partial charge in [0.1, 0.15) is 11.6 Å². The molecule has 0 aliphatic heterocycles. The van der Waals surface area contributed by atoms with Gasteiger partial charge in [-0.15, -0.1) is 0 Å². The summed E-state index contributed by atoms with van der Waals surface area (Å²) < 4.78 is 25.7. The molecule has 0 atom stereocenters. The van der Waals surface area contributed by atoms with Crippen LogP contribution in [0, 0.1) is 11.6 Å². The largest absolute Gasteiger partial charge is 0.352 e. The molecule has 0 aromatic heterocycles. The zero-order valence-electron chi connectivity index (χ0n) is 10.1. The second-order valence-electron chi connectivity index (χ2n) is 3.70. The summed E-state index contributed by atoms with van der Waals surface area (Å²) in [4.78, 5) is 11.3. The van der Waals surface area contributed by atoms with E-state index in [0.717, 1.165) is 6.07 Å². The van der Waals surface area contributed by atoms with Gasteiger partial charge in [-0.05, 0) is 31.0 Å². The summed E-state index contributed by atoms with van der Waals surface area (Å²) in [7, 11) is 0. The van der Waals surface area contributed by atoms with Crippen LogP contribution in [-0.4, -0.2) is 12.5 Å². The van der Waals surface area contributed by atoms with Crippen molar-refractivity contribution in [2.24, 2.45) is 0 Å². The van der Waals surface area contributed by atoms with E-state index in [1.807, 2.05) is 6.92 Å². The molecule has 1 amide bonds. The fourth-order valence-corrected chi connectivity index (χ4v) is 1.40. The van der Waals surface area contributed by atoms with Crippen molar-refractivity contribution in [1.29, 1.82) is 0 Å². The van der Waals surface area contributed by atoms with Crippen LogP contribution in [0.2, 0.25) is 0 Å². The second-order valence-corrected chi connectivity index (χ2v) is 3.70. The Morgan fingerprint density at radius 1 is 1.22 bits per heavy atom. The van der Waals surface area contributed by atoms with Crippen molar-refractivity contribution in [1.82, 2.24) is 5.32 Å². The van der Waals surface area contributed by atoms with Gasteiger partial charge in [0.05, 0.1) is 0 Å². The van der Waals surface area contributed by atoms with E-state index in [0.29, 0.717) is 18.5 Å². The van der Waals surface area contributed by atoms with Gasteiger partial charge in [0.15, 0.2) is 0 Å². The highest BCUT2D eigenvalue weighted by Crippen LogP contribution is 2.07. The fraction of sp³-hybridized carbons (Fsp3) is 0.214. The van der Waals surface area contributed by atoms with E-state index >= 15 is 0 Å². The molecule has 1 aromatic carbocycles. The summed E-state index contributed by atoms with van der Waals surface area (Å²) in [6.45, 7) is 2.18. The fourth-order valence-electron chi connectivity index (χ4n) is 1.40. The summed E-state index contributed by atoms with van der Waals surface area (Å²) in [5.41, 5.74) is 0.519. The molecule has 0 fully saturated rings. The summed E-state index contributed by atoms with van der Waals surface area (Å²) in [6, 6.07) is 3.33. The first-order valence-electron chi connectivity index (χ1n) is 5.64. The number of allylic oxidation sites excluding steroid dienone is 3. The Bertz CT molecular complexity index is 447. The molecule has 0 aliphatic carbocycles. The third kappa shape index (κ3) is 5.39. The van der Waals surface area contributed by atoms with Gasteiger partial charge < -0.3 is 5.32 Å². The van der Waals surface area contributed by atoms with E-state index in [1.165, 1.54) is 18.2 Å². The lowest BCUT2D eigenvalue weighted by Crippen LogP contribution is -2.23. The van der Waals surface area contributed by atoms with Gasteiger partial charge in [-0.3, -0.25) is 4.79 Å². The maximum absolute atomic E-state index is 12.9. The number of halogens is 2. The van der Waals surface area contributed by atoms with E-state index in [1.54, 1.807) is 18.2 Å². The van der Waals surface area contributed by atoms with Crippen LogP contribution in [0.25, 0.3) is 0 Å². The molecule has 1 aromatic rings. The van der Waals surface area contributed by atoms with Crippen molar-refractivity contribution < 1.29 is 13.6 Å². The number of nitrogens with one attached hydrogen (secondary N) is 1. The Labute approximate surface area is 105 Å². The highest BCUT2D eigenvalue weighted by Gasteiger charge is 2.01. The Hall–Kier alpha value is -1.97. The summed E-state index contributed by atoms with van der Waals surface area (Å²) in [5, 5.41) is 2.62. The Balaban J connectivity index is 2.39. The van der Waals surface area contributed by atoms with Gasteiger partial charge >= 0.3 is 0 Å². The van der Waals surface area contributed by atoms with Crippen LogP contribution in [0.1, 0.15) is 12.5 Å². The number of hydrogen-bond acceptors (Lipinski definition) is 1. The SMILES string of the molecule is C/C=C/C=C/C(=O)NCCc1cc(F)cc(F)c1. The van der Waals surface area contributed by atoms with Crippen LogP contribution >= 0.6 is 0 Å². The van der Waals surface area contributed by atoms with Gasteiger partial charge in [0.25, 0.3) is 0 Å². The topological polar surface area (TPSA) is 29.1 Å². The number of benzene rings is 1. The molecule has 0 aliphatic rings. The van der Waals surface area contributed by atoms with Crippen LogP contribution in [0.15, 0.2) is 42.5 Å². The van der Waals surface area contributed by atoms with E-state index in [4.69, 9.17) is 0 Å². The average molecular weight is 251 g/mol. The van der Waals surface area contributed by atoms with Gasteiger partial charge in [0, 0.05) is 18.7 Å². The standard InChI is InChI=1S/C14H15F2NO/c1-2-3-4-5-14(18)17-7-6-11-8-12(15)10-13(16)9-11/h2-5,8-10H,6-7H2,1H3,(H,17,18)/b3-2+,5-4+. The molecular weight excluding hydrogens is 236 g/mol. The molecule has 0 unspecified atom stereocenters. The molecule has 1 rings (SSSR count). The molecule has 1 N–H and O–H groups in total. The minimum absolute atomic E-state index is 0.232. The first-order valence-corrected chi connectivity index (χ1v) is 5.64. The first-order chi connectivity index (χ1) is 8.61. The zero-order chi connectivity index (χ0) is 13.4. The summed E-state index contributed by atoms with van der Waals surface area (Å²) in [6.07, 6.45) is 6.95. The van der Waals surface area contributed by atoms with Gasteiger partial charge in [-0.2, -0.15) is 0 Å². The lowest BCUT2D eigenvalue weighted by molar-refractivity contribution is -0.116. The summed E-state index contributed by atoms with van der Waals surface area (Å²) in [5.74, 6) is -1.45. The molecule has 0 saturated carbocycles. The molecule has 0 radical (unpaired) electrons. The van der Waals surface area contributed by atoms with Crippen LogP contribution in [0.3, 0.4) is 0 Å². The van der Waals surface area contributed by atoms with Gasteiger partial charge in [-0.1, -0.05) is 18.2 Å². The number of carbonyl (C=O) groups is 1. The average Bonchev–Trinajstić information content (AvgIpc) is 2.28. The first kappa shape index (κ1) is 14.1. The third-order valence-corrected chi connectivity index (χ3v) is 2.19.